The van der Waals surface area contributed by atoms with Crippen LogP contribution in [0.25, 0.3) is 0 Å². The SMILES string of the molecule is CCC(C)(N)c1cc(Br)ccc1O. The Balaban J connectivity index is 3.20. The van der Waals surface area contributed by atoms with Crippen molar-refractivity contribution in [3.8, 4) is 5.75 Å². The molecule has 0 radical (unpaired) electrons. The van der Waals surface area contributed by atoms with Gasteiger partial charge in [-0.1, -0.05) is 22.9 Å². The Morgan fingerprint density at radius 3 is 2.69 bits per heavy atom. The van der Waals surface area contributed by atoms with Crippen LogP contribution < -0.4 is 5.73 Å². The van der Waals surface area contributed by atoms with Gasteiger partial charge in [-0.3, -0.25) is 0 Å². The summed E-state index contributed by atoms with van der Waals surface area (Å²) in [5.74, 6) is 0.259. The molecule has 72 valence electrons. The third-order valence-electron chi connectivity index (χ3n) is 2.31. The van der Waals surface area contributed by atoms with Crippen LogP contribution in [0, 0.1) is 0 Å². The van der Waals surface area contributed by atoms with Crippen LogP contribution in [0.15, 0.2) is 22.7 Å². The molecule has 0 aliphatic carbocycles. The largest absolute Gasteiger partial charge is 0.508 e. The van der Waals surface area contributed by atoms with Crippen LogP contribution in [0.5, 0.6) is 5.75 Å². The average Bonchev–Trinajstić information content (AvgIpc) is 2.09. The lowest BCUT2D eigenvalue weighted by molar-refractivity contribution is 0.416. The fourth-order valence-electron chi connectivity index (χ4n) is 1.16. The molecule has 1 aromatic rings. The fourth-order valence-corrected chi connectivity index (χ4v) is 1.52. The van der Waals surface area contributed by atoms with Gasteiger partial charge in [0.15, 0.2) is 0 Å². The molecule has 0 bridgehead atoms. The van der Waals surface area contributed by atoms with Crippen molar-refractivity contribution in [3.63, 3.8) is 0 Å². The molecule has 1 aromatic carbocycles. The van der Waals surface area contributed by atoms with Crippen LogP contribution in [0.3, 0.4) is 0 Å². The van der Waals surface area contributed by atoms with Gasteiger partial charge in [-0.15, -0.1) is 0 Å². The van der Waals surface area contributed by atoms with Gasteiger partial charge in [0.1, 0.15) is 5.75 Å². The molecule has 1 unspecified atom stereocenters. The number of hydrogen-bond donors (Lipinski definition) is 2. The third kappa shape index (κ3) is 2.23. The first-order valence-corrected chi connectivity index (χ1v) is 5.04. The van der Waals surface area contributed by atoms with Gasteiger partial charge in [0.05, 0.1) is 0 Å². The molecule has 0 fully saturated rings. The molecule has 0 heterocycles. The summed E-state index contributed by atoms with van der Waals surface area (Å²) in [6.45, 7) is 3.91. The monoisotopic (exact) mass is 243 g/mol. The number of aromatic hydroxyl groups is 1. The maximum absolute atomic E-state index is 9.60. The second-order valence-corrected chi connectivity index (χ2v) is 4.35. The Morgan fingerprint density at radius 1 is 1.54 bits per heavy atom. The number of nitrogens with two attached hydrogens (primary N) is 1. The van der Waals surface area contributed by atoms with Gasteiger partial charge in [0.25, 0.3) is 0 Å². The quantitative estimate of drug-likeness (QED) is 0.840. The Bertz CT molecular complexity index is 310. The zero-order valence-corrected chi connectivity index (χ0v) is 9.43. The predicted octanol–water partition coefficient (Wildman–Crippen LogP) is 2.74. The number of halogens is 1. The van der Waals surface area contributed by atoms with Gasteiger partial charge in [0.2, 0.25) is 0 Å². The van der Waals surface area contributed by atoms with Crippen molar-refractivity contribution >= 4 is 15.9 Å². The van der Waals surface area contributed by atoms with E-state index in [2.05, 4.69) is 15.9 Å². The summed E-state index contributed by atoms with van der Waals surface area (Å²) in [6.07, 6.45) is 0.789. The summed E-state index contributed by atoms with van der Waals surface area (Å²) in [4.78, 5) is 0. The number of phenols is 1. The highest BCUT2D eigenvalue weighted by Gasteiger charge is 2.22. The van der Waals surface area contributed by atoms with E-state index in [0.717, 1.165) is 16.5 Å². The van der Waals surface area contributed by atoms with Gasteiger partial charge < -0.3 is 10.8 Å². The van der Waals surface area contributed by atoms with Gasteiger partial charge >= 0.3 is 0 Å². The highest BCUT2D eigenvalue weighted by atomic mass is 79.9. The Hall–Kier alpha value is -0.540. The van der Waals surface area contributed by atoms with Crippen LogP contribution in [0.4, 0.5) is 0 Å². The minimum absolute atomic E-state index is 0.259. The minimum atomic E-state index is -0.464. The van der Waals surface area contributed by atoms with Crippen LogP contribution in [0.2, 0.25) is 0 Å². The second kappa shape index (κ2) is 3.68. The molecule has 0 saturated carbocycles. The number of hydrogen-bond acceptors (Lipinski definition) is 2. The van der Waals surface area contributed by atoms with E-state index in [-0.39, 0.29) is 5.75 Å². The summed E-state index contributed by atoms with van der Waals surface area (Å²) in [5, 5.41) is 9.60. The van der Waals surface area contributed by atoms with Crippen LogP contribution >= 0.6 is 15.9 Å². The maximum atomic E-state index is 9.60. The summed E-state index contributed by atoms with van der Waals surface area (Å²) in [7, 11) is 0. The molecule has 1 atom stereocenters. The molecule has 0 aliphatic heterocycles. The lowest BCUT2D eigenvalue weighted by Gasteiger charge is -2.24. The van der Waals surface area contributed by atoms with Crippen LogP contribution in [-0.4, -0.2) is 5.11 Å². The standard InChI is InChI=1S/C10H14BrNO/c1-3-10(2,12)8-6-7(11)4-5-9(8)13/h4-6,13H,3,12H2,1-2H3. The van der Waals surface area contributed by atoms with E-state index in [1.165, 1.54) is 0 Å². The number of benzene rings is 1. The van der Waals surface area contributed by atoms with Gasteiger partial charge in [-0.2, -0.15) is 0 Å². The molecular weight excluding hydrogens is 230 g/mol. The summed E-state index contributed by atoms with van der Waals surface area (Å²) in [6, 6.07) is 5.31. The molecule has 1 rings (SSSR count). The molecule has 0 aromatic heterocycles. The third-order valence-corrected chi connectivity index (χ3v) is 2.80. The average molecular weight is 244 g/mol. The van der Waals surface area contributed by atoms with E-state index in [0.29, 0.717) is 0 Å². The summed E-state index contributed by atoms with van der Waals surface area (Å²) < 4.78 is 0.936. The molecule has 3 heteroatoms. The molecular formula is C10H14BrNO. The molecule has 0 spiro atoms. The summed E-state index contributed by atoms with van der Waals surface area (Å²) >= 11 is 3.35. The molecule has 0 amide bonds. The Labute approximate surface area is 86.9 Å². The van der Waals surface area contributed by atoms with Gasteiger partial charge in [0, 0.05) is 15.6 Å². The van der Waals surface area contributed by atoms with Crippen molar-refractivity contribution in [3.05, 3.63) is 28.2 Å². The van der Waals surface area contributed by atoms with Crippen molar-refractivity contribution in [2.24, 2.45) is 5.73 Å². The van der Waals surface area contributed by atoms with Crippen molar-refractivity contribution in [2.75, 3.05) is 0 Å². The number of rotatable bonds is 2. The maximum Gasteiger partial charge on any atom is 0.120 e. The lowest BCUT2D eigenvalue weighted by Crippen LogP contribution is -2.31. The van der Waals surface area contributed by atoms with Crippen molar-refractivity contribution in [1.82, 2.24) is 0 Å². The van der Waals surface area contributed by atoms with Crippen molar-refractivity contribution in [1.29, 1.82) is 0 Å². The number of phenolic OH excluding ortho intramolecular Hbond substituents is 1. The first-order valence-electron chi connectivity index (χ1n) is 4.25. The van der Waals surface area contributed by atoms with E-state index in [1.54, 1.807) is 12.1 Å². The fraction of sp³-hybridized carbons (Fsp3) is 0.400. The first-order chi connectivity index (χ1) is 5.97. The molecule has 0 aliphatic rings. The van der Waals surface area contributed by atoms with E-state index >= 15 is 0 Å². The van der Waals surface area contributed by atoms with Gasteiger partial charge in [-0.25, -0.2) is 0 Å². The first kappa shape index (κ1) is 10.5. The smallest absolute Gasteiger partial charge is 0.120 e. The molecule has 0 saturated heterocycles. The molecule has 2 nitrogen and oxygen atoms in total. The highest BCUT2D eigenvalue weighted by molar-refractivity contribution is 9.10. The van der Waals surface area contributed by atoms with Crippen LogP contribution in [-0.2, 0) is 5.54 Å². The topological polar surface area (TPSA) is 46.2 Å². The van der Waals surface area contributed by atoms with E-state index < -0.39 is 5.54 Å². The van der Waals surface area contributed by atoms with E-state index in [1.807, 2.05) is 19.9 Å². The Morgan fingerprint density at radius 2 is 2.15 bits per heavy atom. The van der Waals surface area contributed by atoms with Crippen LogP contribution in [0.1, 0.15) is 25.8 Å². The molecule has 3 N–H and O–H groups in total. The van der Waals surface area contributed by atoms with E-state index in [9.17, 15) is 5.11 Å². The van der Waals surface area contributed by atoms with Crippen molar-refractivity contribution in [2.45, 2.75) is 25.8 Å². The van der Waals surface area contributed by atoms with Crippen molar-refractivity contribution < 1.29 is 5.11 Å². The zero-order chi connectivity index (χ0) is 10.1. The minimum Gasteiger partial charge on any atom is -0.508 e. The lowest BCUT2D eigenvalue weighted by atomic mass is 9.90. The predicted molar refractivity (Wildman–Crippen MR) is 57.6 cm³/mol. The summed E-state index contributed by atoms with van der Waals surface area (Å²) in [5.41, 5.74) is 6.34. The zero-order valence-electron chi connectivity index (χ0n) is 7.84. The molecule has 13 heavy (non-hydrogen) atoms. The highest BCUT2D eigenvalue weighted by Crippen LogP contribution is 2.31. The normalized spacial score (nSPS) is 15.4. The van der Waals surface area contributed by atoms with E-state index in [4.69, 9.17) is 5.73 Å². The second-order valence-electron chi connectivity index (χ2n) is 3.43. The van der Waals surface area contributed by atoms with Gasteiger partial charge in [-0.05, 0) is 31.5 Å². The Kier molecular flexibility index (Phi) is 2.98.